The third-order valence-corrected chi connectivity index (χ3v) is 4.13. The number of benzene rings is 1. The maximum absolute atomic E-state index is 5.49. The Morgan fingerprint density at radius 3 is 2.79 bits per heavy atom. The topological polar surface area (TPSA) is 58.9 Å². The Bertz CT molecular complexity index is 688. The summed E-state index contributed by atoms with van der Waals surface area (Å²) >= 11 is 5.36. The minimum absolute atomic E-state index is 0.116. The summed E-state index contributed by atoms with van der Waals surface area (Å²) in [5.74, 6) is 2.47. The van der Waals surface area contributed by atoms with Gasteiger partial charge in [-0.15, -0.1) is 0 Å². The van der Waals surface area contributed by atoms with Gasteiger partial charge in [-0.05, 0) is 56.1 Å². The highest BCUT2D eigenvalue weighted by molar-refractivity contribution is 7.80. The van der Waals surface area contributed by atoms with Gasteiger partial charge in [-0.25, -0.2) is 0 Å². The van der Waals surface area contributed by atoms with E-state index in [4.69, 9.17) is 26.1 Å². The summed E-state index contributed by atoms with van der Waals surface area (Å²) in [7, 11) is 4.02. The van der Waals surface area contributed by atoms with Crippen LogP contribution in [0, 0.1) is 0 Å². The SMILES string of the molecule is CN(C)[C@@H](CNC(=S)NCc1ccc2c(c1)OCO2)c1ccco1. The van der Waals surface area contributed by atoms with Gasteiger partial charge in [0.15, 0.2) is 16.6 Å². The monoisotopic (exact) mass is 347 g/mol. The van der Waals surface area contributed by atoms with E-state index < -0.39 is 0 Å². The fourth-order valence-corrected chi connectivity index (χ4v) is 2.66. The summed E-state index contributed by atoms with van der Waals surface area (Å²) in [5.41, 5.74) is 1.08. The van der Waals surface area contributed by atoms with E-state index in [9.17, 15) is 0 Å². The van der Waals surface area contributed by atoms with Crippen LogP contribution in [0.1, 0.15) is 17.4 Å². The first-order valence-electron chi connectivity index (χ1n) is 7.73. The Morgan fingerprint density at radius 1 is 1.21 bits per heavy atom. The van der Waals surface area contributed by atoms with Crippen LogP contribution in [0.2, 0.25) is 0 Å². The normalized spacial score (nSPS) is 13.8. The van der Waals surface area contributed by atoms with Gasteiger partial charge in [0.25, 0.3) is 0 Å². The number of furan rings is 1. The van der Waals surface area contributed by atoms with E-state index in [1.165, 1.54) is 0 Å². The van der Waals surface area contributed by atoms with Crippen LogP contribution in [0.4, 0.5) is 0 Å². The molecule has 3 rings (SSSR count). The number of nitrogens with one attached hydrogen (secondary N) is 2. The van der Waals surface area contributed by atoms with Gasteiger partial charge in [0, 0.05) is 13.1 Å². The van der Waals surface area contributed by atoms with Crippen molar-refractivity contribution in [3.63, 3.8) is 0 Å². The van der Waals surface area contributed by atoms with E-state index in [0.717, 1.165) is 22.8 Å². The molecule has 0 saturated heterocycles. The fourth-order valence-electron chi connectivity index (χ4n) is 2.50. The summed E-state index contributed by atoms with van der Waals surface area (Å²) in [5, 5.41) is 7.05. The smallest absolute Gasteiger partial charge is 0.231 e. The molecule has 0 spiro atoms. The van der Waals surface area contributed by atoms with Gasteiger partial charge in [-0.3, -0.25) is 4.90 Å². The summed E-state index contributed by atoms with van der Waals surface area (Å²) in [6, 6.07) is 9.84. The van der Waals surface area contributed by atoms with Crippen LogP contribution in [-0.2, 0) is 6.54 Å². The number of ether oxygens (including phenoxy) is 2. The van der Waals surface area contributed by atoms with Gasteiger partial charge in [0.2, 0.25) is 6.79 Å². The van der Waals surface area contributed by atoms with Crippen molar-refractivity contribution >= 4 is 17.3 Å². The van der Waals surface area contributed by atoms with E-state index in [2.05, 4.69) is 15.5 Å². The average molecular weight is 347 g/mol. The molecule has 0 fully saturated rings. The molecule has 0 saturated carbocycles. The Balaban J connectivity index is 1.49. The first kappa shape index (κ1) is 16.6. The number of nitrogens with zero attached hydrogens (tertiary/aromatic N) is 1. The van der Waals surface area contributed by atoms with Gasteiger partial charge in [-0.2, -0.15) is 0 Å². The lowest BCUT2D eigenvalue weighted by Crippen LogP contribution is -2.39. The predicted octanol–water partition coefficient (Wildman–Crippen LogP) is 2.28. The molecule has 1 aliphatic rings. The largest absolute Gasteiger partial charge is 0.468 e. The van der Waals surface area contributed by atoms with Gasteiger partial charge in [0.05, 0.1) is 12.3 Å². The van der Waals surface area contributed by atoms with Crippen molar-refractivity contribution < 1.29 is 13.9 Å². The Labute approximate surface area is 146 Å². The van der Waals surface area contributed by atoms with Crippen molar-refractivity contribution in [2.75, 3.05) is 27.4 Å². The van der Waals surface area contributed by atoms with E-state index in [1.54, 1.807) is 6.26 Å². The zero-order valence-corrected chi connectivity index (χ0v) is 14.6. The highest BCUT2D eigenvalue weighted by Gasteiger charge is 2.17. The van der Waals surface area contributed by atoms with Gasteiger partial charge in [0.1, 0.15) is 5.76 Å². The molecule has 24 heavy (non-hydrogen) atoms. The molecule has 0 bridgehead atoms. The minimum Gasteiger partial charge on any atom is -0.468 e. The van der Waals surface area contributed by atoms with Crippen molar-refractivity contribution in [2.24, 2.45) is 0 Å². The van der Waals surface area contributed by atoms with Crippen molar-refractivity contribution in [1.29, 1.82) is 0 Å². The van der Waals surface area contributed by atoms with Gasteiger partial charge < -0.3 is 24.5 Å². The van der Waals surface area contributed by atoms with Crippen LogP contribution in [0.15, 0.2) is 41.0 Å². The van der Waals surface area contributed by atoms with Crippen LogP contribution in [0.25, 0.3) is 0 Å². The van der Waals surface area contributed by atoms with Crippen LogP contribution in [0.3, 0.4) is 0 Å². The Hall–Kier alpha value is -2.25. The maximum atomic E-state index is 5.49. The van der Waals surface area contributed by atoms with Crippen molar-refractivity contribution in [1.82, 2.24) is 15.5 Å². The van der Waals surface area contributed by atoms with Gasteiger partial charge in [-0.1, -0.05) is 6.07 Å². The summed E-state index contributed by atoms with van der Waals surface area (Å²) in [6.45, 7) is 1.56. The Morgan fingerprint density at radius 2 is 2.04 bits per heavy atom. The molecule has 1 aromatic heterocycles. The lowest BCUT2D eigenvalue weighted by Gasteiger charge is -2.23. The predicted molar refractivity (Wildman–Crippen MR) is 95.1 cm³/mol. The van der Waals surface area contributed by atoms with Crippen LogP contribution in [0.5, 0.6) is 11.5 Å². The number of rotatable bonds is 6. The van der Waals surface area contributed by atoms with E-state index in [1.807, 2.05) is 44.4 Å². The standard InChI is InChI=1S/C17H21N3O3S/c1-20(2)13(14-4-3-7-21-14)10-19-17(24)18-9-12-5-6-15-16(8-12)23-11-22-15/h3-8,13H,9-11H2,1-2H3,(H2,18,19,24)/t13-/m0/s1. The molecule has 0 unspecified atom stereocenters. The third kappa shape index (κ3) is 3.98. The number of thiocarbonyl (C=S) groups is 1. The fraction of sp³-hybridized carbons (Fsp3) is 0.353. The molecule has 1 atom stereocenters. The molecule has 1 aromatic carbocycles. The third-order valence-electron chi connectivity index (χ3n) is 3.84. The molecule has 1 aliphatic heterocycles. The van der Waals surface area contributed by atoms with Crippen LogP contribution in [-0.4, -0.2) is 37.4 Å². The van der Waals surface area contributed by atoms with Crippen molar-refractivity contribution in [3.8, 4) is 11.5 Å². The highest BCUT2D eigenvalue weighted by atomic mass is 32.1. The lowest BCUT2D eigenvalue weighted by atomic mass is 10.2. The number of fused-ring (bicyclic) bond motifs is 1. The molecule has 2 aromatic rings. The second kappa shape index (κ2) is 7.55. The molecule has 6 nitrogen and oxygen atoms in total. The zero-order valence-electron chi connectivity index (χ0n) is 13.7. The molecule has 128 valence electrons. The molecule has 2 heterocycles. The van der Waals surface area contributed by atoms with Crippen LogP contribution < -0.4 is 20.1 Å². The van der Waals surface area contributed by atoms with E-state index in [-0.39, 0.29) is 12.8 Å². The first-order valence-corrected chi connectivity index (χ1v) is 8.14. The van der Waals surface area contributed by atoms with Gasteiger partial charge >= 0.3 is 0 Å². The second-order valence-corrected chi connectivity index (χ2v) is 6.15. The Kier molecular flexibility index (Phi) is 5.22. The van der Waals surface area contributed by atoms with Crippen molar-refractivity contribution in [2.45, 2.75) is 12.6 Å². The molecule has 2 N–H and O–H groups in total. The molecule has 7 heteroatoms. The molecular formula is C17H21N3O3S. The number of likely N-dealkylation sites (N-methyl/N-ethyl adjacent to an activating group) is 1. The van der Waals surface area contributed by atoms with E-state index in [0.29, 0.717) is 18.2 Å². The quantitative estimate of drug-likeness (QED) is 0.778. The first-order chi connectivity index (χ1) is 11.6. The number of hydrogen-bond acceptors (Lipinski definition) is 5. The molecule has 0 aliphatic carbocycles. The number of hydrogen-bond donors (Lipinski definition) is 2. The highest BCUT2D eigenvalue weighted by Crippen LogP contribution is 2.32. The lowest BCUT2D eigenvalue weighted by molar-refractivity contribution is 0.174. The second-order valence-electron chi connectivity index (χ2n) is 5.75. The van der Waals surface area contributed by atoms with Crippen LogP contribution >= 0.6 is 12.2 Å². The average Bonchev–Trinajstić information content (AvgIpc) is 3.23. The molecular weight excluding hydrogens is 326 g/mol. The maximum Gasteiger partial charge on any atom is 0.231 e. The minimum atomic E-state index is 0.116. The molecule has 0 radical (unpaired) electrons. The zero-order chi connectivity index (χ0) is 16.9. The summed E-state index contributed by atoms with van der Waals surface area (Å²) < 4.78 is 16.2. The summed E-state index contributed by atoms with van der Waals surface area (Å²) in [4.78, 5) is 2.09. The summed E-state index contributed by atoms with van der Waals surface area (Å²) in [6.07, 6.45) is 1.68. The van der Waals surface area contributed by atoms with Crippen molar-refractivity contribution in [3.05, 3.63) is 47.9 Å². The van der Waals surface area contributed by atoms with E-state index >= 15 is 0 Å². The molecule has 0 amide bonds.